The maximum atomic E-state index is 13.6. The highest BCUT2D eigenvalue weighted by Gasteiger charge is 2.21. The van der Waals surface area contributed by atoms with E-state index in [4.69, 9.17) is 27.9 Å². The van der Waals surface area contributed by atoms with E-state index in [1.807, 2.05) is 12.1 Å². The van der Waals surface area contributed by atoms with Gasteiger partial charge in [-0.2, -0.15) is 0 Å². The van der Waals surface area contributed by atoms with Gasteiger partial charge in [0.05, 0.1) is 22.7 Å². The number of hydrogen-bond acceptors (Lipinski definition) is 3. The molecule has 0 spiro atoms. The van der Waals surface area contributed by atoms with Gasteiger partial charge in [0, 0.05) is 13.1 Å². The maximum absolute atomic E-state index is 13.6. The van der Waals surface area contributed by atoms with Crippen LogP contribution in [0.4, 0.5) is 4.39 Å². The van der Waals surface area contributed by atoms with Gasteiger partial charge < -0.3 is 10.1 Å². The summed E-state index contributed by atoms with van der Waals surface area (Å²) in [6.07, 6.45) is 2.00. The van der Waals surface area contributed by atoms with Crippen molar-refractivity contribution < 1.29 is 13.9 Å². The Bertz CT molecular complexity index is 822. The summed E-state index contributed by atoms with van der Waals surface area (Å²) >= 11 is 11.7. The molecule has 0 unspecified atom stereocenters. The topological polar surface area (TPSA) is 41.6 Å². The highest BCUT2D eigenvalue weighted by Crippen LogP contribution is 2.25. The Hall–Kier alpha value is -1.82. The molecule has 0 aromatic heterocycles. The highest BCUT2D eigenvalue weighted by atomic mass is 35.5. The first-order valence-corrected chi connectivity index (χ1v) is 10.00. The second-order valence-electron chi connectivity index (χ2n) is 7.02. The fourth-order valence-electron chi connectivity index (χ4n) is 3.37. The van der Waals surface area contributed by atoms with Crippen LogP contribution in [-0.4, -0.2) is 37.6 Å². The van der Waals surface area contributed by atoms with Crippen molar-refractivity contribution in [3.8, 4) is 5.75 Å². The van der Waals surface area contributed by atoms with E-state index >= 15 is 0 Å². The molecule has 0 aliphatic carbocycles. The summed E-state index contributed by atoms with van der Waals surface area (Å²) in [6.45, 7) is 3.41. The number of nitrogens with zero attached hydrogens (tertiary/aromatic N) is 1. The van der Waals surface area contributed by atoms with Gasteiger partial charge in [-0.25, -0.2) is 4.39 Å². The lowest BCUT2D eigenvalue weighted by Crippen LogP contribution is -2.38. The van der Waals surface area contributed by atoms with Gasteiger partial charge in [0.1, 0.15) is 11.6 Å². The van der Waals surface area contributed by atoms with Crippen molar-refractivity contribution in [1.29, 1.82) is 0 Å². The van der Waals surface area contributed by atoms with E-state index in [1.165, 1.54) is 11.6 Å². The molecule has 7 heteroatoms. The van der Waals surface area contributed by atoms with Crippen LogP contribution in [0.5, 0.6) is 5.75 Å². The molecule has 1 fully saturated rings. The number of benzene rings is 2. The molecule has 3 rings (SSSR count). The number of nitrogens with one attached hydrogen (secondary N) is 1. The van der Waals surface area contributed by atoms with Crippen molar-refractivity contribution in [3.63, 3.8) is 0 Å². The molecule has 0 bridgehead atoms. The number of ether oxygens (including phenoxy) is 1. The Morgan fingerprint density at radius 3 is 2.50 bits per heavy atom. The first-order chi connectivity index (χ1) is 13.5. The number of amides is 1. The number of likely N-dealkylation sites (tertiary alicyclic amines) is 1. The fourth-order valence-corrected chi connectivity index (χ4v) is 3.84. The summed E-state index contributed by atoms with van der Waals surface area (Å²) in [5.41, 5.74) is 1.37. The van der Waals surface area contributed by atoms with E-state index in [0.717, 1.165) is 44.3 Å². The number of rotatable bonds is 6. The van der Waals surface area contributed by atoms with E-state index in [-0.39, 0.29) is 21.5 Å². The molecule has 0 atom stereocenters. The minimum Gasteiger partial charge on any atom is -0.497 e. The van der Waals surface area contributed by atoms with Gasteiger partial charge in [-0.05, 0) is 61.7 Å². The van der Waals surface area contributed by atoms with Crippen LogP contribution in [0, 0.1) is 11.7 Å². The zero-order valence-electron chi connectivity index (χ0n) is 15.7. The van der Waals surface area contributed by atoms with E-state index < -0.39 is 5.82 Å². The second kappa shape index (κ2) is 9.59. The van der Waals surface area contributed by atoms with Crippen LogP contribution in [0.2, 0.25) is 10.0 Å². The summed E-state index contributed by atoms with van der Waals surface area (Å²) in [4.78, 5) is 14.7. The lowest BCUT2D eigenvalue weighted by Gasteiger charge is -2.32. The smallest absolute Gasteiger partial charge is 0.252 e. The van der Waals surface area contributed by atoms with Gasteiger partial charge in [0.15, 0.2) is 0 Å². The van der Waals surface area contributed by atoms with Crippen LogP contribution in [0.25, 0.3) is 0 Å². The minimum absolute atomic E-state index is 0.0919. The Kier molecular flexibility index (Phi) is 7.16. The molecule has 1 heterocycles. The van der Waals surface area contributed by atoms with E-state index in [1.54, 1.807) is 7.11 Å². The molecule has 28 heavy (non-hydrogen) atoms. The molecular formula is C21H23Cl2FN2O2. The van der Waals surface area contributed by atoms with Crippen molar-refractivity contribution in [3.05, 3.63) is 63.4 Å². The number of piperidine rings is 1. The molecule has 0 saturated carbocycles. The Morgan fingerprint density at radius 2 is 1.86 bits per heavy atom. The van der Waals surface area contributed by atoms with Crippen molar-refractivity contribution in [2.75, 3.05) is 26.7 Å². The summed E-state index contributed by atoms with van der Waals surface area (Å²) in [6, 6.07) is 10.5. The quantitative estimate of drug-likeness (QED) is 0.678. The first-order valence-electron chi connectivity index (χ1n) is 9.24. The third kappa shape index (κ3) is 5.37. The molecular weight excluding hydrogens is 402 g/mol. The van der Waals surface area contributed by atoms with Gasteiger partial charge in [0.25, 0.3) is 5.91 Å². The van der Waals surface area contributed by atoms with Gasteiger partial charge in [-0.15, -0.1) is 0 Å². The van der Waals surface area contributed by atoms with Gasteiger partial charge in [0.2, 0.25) is 0 Å². The fraction of sp³-hybridized carbons (Fsp3) is 0.381. The van der Waals surface area contributed by atoms with Crippen LogP contribution in [-0.2, 0) is 6.54 Å². The standard InChI is InChI=1S/C21H23Cl2FN2O2/c1-28-16-4-2-15(3-5-16)13-26-8-6-14(7-9-26)12-25-21(27)17-10-20(24)19(23)11-18(17)22/h2-5,10-11,14H,6-9,12-13H2,1H3,(H,25,27). The Balaban J connectivity index is 1.45. The molecule has 150 valence electrons. The molecule has 1 aliphatic rings. The predicted octanol–water partition coefficient (Wildman–Crippen LogP) is 4.78. The minimum atomic E-state index is -0.650. The van der Waals surface area contributed by atoms with Gasteiger partial charge in [-0.3, -0.25) is 9.69 Å². The van der Waals surface area contributed by atoms with Crippen molar-refractivity contribution in [1.82, 2.24) is 10.2 Å². The lowest BCUT2D eigenvalue weighted by atomic mass is 9.96. The second-order valence-corrected chi connectivity index (χ2v) is 7.84. The number of halogens is 3. The third-order valence-electron chi connectivity index (χ3n) is 5.08. The van der Waals surface area contributed by atoms with Crippen molar-refractivity contribution >= 4 is 29.1 Å². The monoisotopic (exact) mass is 424 g/mol. The molecule has 4 nitrogen and oxygen atoms in total. The molecule has 1 aliphatic heterocycles. The van der Waals surface area contributed by atoms with E-state index in [2.05, 4.69) is 22.3 Å². The normalized spacial score (nSPS) is 15.4. The van der Waals surface area contributed by atoms with Gasteiger partial charge >= 0.3 is 0 Å². The first kappa shape index (κ1) is 20.9. The van der Waals surface area contributed by atoms with Crippen molar-refractivity contribution in [2.24, 2.45) is 5.92 Å². The average Bonchev–Trinajstić information content (AvgIpc) is 2.70. The maximum Gasteiger partial charge on any atom is 0.252 e. The number of carbonyl (C=O) groups excluding carboxylic acids is 1. The average molecular weight is 425 g/mol. The largest absolute Gasteiger partial charge is 0.497 e. The molecule has 2 aromatic carbocycles. The van der Waals surface area contributed by atoms with Crippen molar-refractivity contribution in [2.45, 2.75) is 19.4 Å². The predicted molar refractivity (Wildman–Crippen MR) is 110 cm³/mol. The third-order valence-corrected chi connectivity index (χ3v) is 5.68. The van der Waals surface area contributed by atoms with Crippen LogP contribution in [0.1, 0.15) is 28.8 Å². The van der Waals surface area contributed by atoms with Crippen LogP contribution >= 0.6 is 23.2 Å². The van der Waals surface area contributed by atoms with E-state index in [9.17, 15) is 9.18 Å². The summed E-state index contributed by atoms with van der Waals surface area (Å²) in [7, 11) is 1.66. The lowest BCUT2D eigenvalue weighted by molar-refractivity contribution is 0.0935. The van der Waals surface area contributed by atoms with E-state index in [0.29, 0.717) is 12.5 Å². The highest BCUT2D eigenvalue weighted by molar-refractivity contribution is 6.36. The number of methoxy groups -OCH3 is 1. The zero-order valence-corrected chi connectivity index (χ0v) is 17.2. The Morgan fingerprint density at radius 1 is 1.18 bits per heavy atom. The number of carbonyl (C=O) groups is 1. The SMILES string of the molecule is COc1ccc(CN2CCC(CNC(=O)c3cc(F)c(Cl)cc3Cl)CC2)cc1. The summed E-state index contributed by atoms with van der Waals surface area (Å²) in [5, 5.41) is 2.93. The molecule has 1 N–H and O–H groups in total. The van der Waals surface area contributed by atoms with Gasteiger partial charge in [-0.1, -0.05) is 35.3 Å². The molecule has 1 amide bonds. The van der Waals surface area contributed by atoms with Crippen LogP contribution in [0.15, 0.2) is 36.4 Å². The van der Waals surface area contributed by atoms with Crippen LogP contribution in [0.3, 0.4) is 0 Å². The summed E-state index contributed by atoms with van der Waals surface area (Å²) < 4.78 is 18.8. The molecule has 2 aromatic rings. The molecule has 0 radical (unpaired) electrons. The summed E-state index contributed by atoms with van der Waals surface area (Å²) in [5.74, 6) is 0.232. The Labute approximate surface area is 174 Å². The van der Waals surface area contributed by atoms with Crippen LogP contribution < -0.4 is 10.1 Å². The molecule has 1 saturated heterocycles. The number of hydrogen-bond donors (Lipinski definition) is 1. The zero-order chi connectivity index (χ0) is 20.1.